The van der Waals surface area contributed by atoms with Gasteiger partial charge in [0, 0.05) is 24.7 Å². The number of anilines is 1. The van der Waals surface area contributed by atoms with Crippen LogP contribution in [0.25, 0.3) is 22.3 Å². The van der Waals surface area contributed by atoms with Crippen LogP contribution in [-0.2, 0) is 16.0 Å². The largest absolute Gasteiger partial charge is 0.372 e. The van der Waals surface area contributed by atoms with Crippen molar-refractivity contribution in [3.8, 4) is 11.4 Å². The Kier molecular flexibility index (Phi) is 4.92. The number of ether oxygens (including phenoxy) is 1. The number of fused-ring (bicyclic) bond motifs is 1. The van der Waals surface area contributed by atoms with Crippen LogP contribution in [0.5, 0.6) is 0 Å². The van der Waals surface area contributed by atoms with E-state index >= 15 is 0 Å². The number of pyridine rings is 3. The number of hydrogen-bond donors (Lipinski definition) is 1. The van der Waals surface area contributed by atoms with Gasteiger partial charge in [-0.15, -0.1) is 0 Å². The third kappa shape index (κ3) is 3.94. The Hall–Kier alpha value is -3.06. The lowest BCUT2D eigenvalue weighted by molar-refractivity contribution is -0.117. The van der Waals surface area contributed by atoms with Crippen LogP contribution < -0.4 is 10.6 Å². The summed E-state index contributed by atoms with van der Waals surface area (Å²) in [7, 11) is 0. The minimum Gasteiger partial charge on any atom is -0.372 e. The van der Waals surface area contributed by atoms with E-state index in [0.29, 0.717) is 5.69 Å². The minimum absolute atomic E-state index is 0.100. The van der Waals surface area contributed by atoms with Crippen LogP contribution in [0.15, 0.2) is 42.6 Å². The molecule has 1 fully saturated rings. The van der Waals surface area contributed by atoms with Gasteiger partial charge in [0.1, 0.15) is 5.82 Å². The van der Waals surface area contributed by atoms with E-state index in [1.807, 2.05) is 30.3 Å². The van der Waals surface area contributed by atoms with Crippen LogP contribution in [-0.4, -0.2) is 46.2 Å². The number of nitrogens with zero attached hydrogens (tertiary/aromatic N) is 4. The van der Waals surface area contributed by atoms with E-state index in [2.05, 4.69) is 23.7 Å². The molecule has 7 heteroatoms. The molecule has 1 aliphatic heterocycles. The lowest BCUT2D eigenvalue weighted by atomic mass is 10.1. The van der Waals surface area contributed by atoms with E-state index in [-0.39, 0.29) is 18.6 Å². The number of nitrogens with two attached hydrogens (primary N) is 1. The van der Waals surface area contributed by atoms with Crippen LogP contribution in [0.1, 0.15) is 19.5 Å². The number of primary amides is 1. The number of amides is 1. The maximum atomic E-state index is 11.2. The summed E-state index contributed by atoms with van der Waals surface area (Å²) >= 11 is 0. The molecule has 3 aromatic rings. The lowest BCUT2D eigenvalue weighted by Crippen LogP contribution is -2.45. The first kappa shape index (κ1) is 18.3. The summed E-state index contributed by atoms with van der Waals surface area (Å²) in [6.45, 7) is 5.78. The molecule has 2 N–H and O–H groups in total. The third-order valence-electron chi connectivity index (χ3n) is 4.73. The molecule has 1 saturated heterocycles. The zero-order chi connectivity index (χ0) is 19.7. The van der Waals surface area contributed by atoms with Crippen LogP contribution in [0.4, 0.5) is 5.82 Å². The number of carbonyl (C=O) groups excluding carboxylic acids is 1. The van der Waals surface area contributed by atoms with E-state index in [0.717, 1.165) is 41.2 Å². The summed E-state index contributed by atoms with van der Waals surface area (Å²) in [4.78, 5) is 27.2. The molecule has 2 atom stereocenters. The molecule has 1 unspecified atom stereocenters. The van der Waals surface area contributed by atoms with Crippen LogP contribution in [0.2, 0.25) is 0 Å². The van der Waals surface area contributed by atoms with Crippen molar-refractivity contribution >= 4 is 22.6 Å². The molecule has 0 saturated carbocycles. The molecule has 1 aliphatic rings. The molecule has 4 heterocycles. The summed E-state index contributed by atoms with van der Waals surface area (Å²) in [6, 6.07) is 11.7. The maximum Gasteiger partial charge on any atom is 0.223 e. The van der Waals surface area contributed by atoms with Crippen LogP contribution in [0, 0.1) is 0 Å². The second-order valence-corrected chi connectivity index (χ2v) is 7.25. The summed E-state index contributed by atoms with van der Waals surface area (Å²) < 4.78 is 5.82. The highest BCUT2D eigenvalue weighted by molar-refractivity contribution is 5.82. The number of aromatic nitrogens is 3. The lowest BCUT2D eigenvalue weighted by Gasteiger charge is -2.36. The van der Waals surface area contributed by atoms with E-state index in [1.54, 1.807) is 12.3 Å². The Bertz CT molecular complexity index is 1010. The van der Waals surface area contributed by atoms with Crippen molar-refractivity contribution < 1.29 is 9.53 Å². The predicted molar refractivity (Wildman–Crippen MR) is 108 cm³/mol. The molecular weight excluding hydrogens is 354 g/mol. The van der Waals surface area contributed by atoms with Crippen molar-refractivity contribution in [1.29, 1.82) is 0 Å². The van der Waals surface area contributed by atoms with E-state index in [9.17, 15) is 4.79 Å². The van der Waals surface area contributed by atoms with E-state index < -0.39 is 5.91 Å². The van der Waals surface area contributed by atoms with Gasteiger partial charge in [-0.1, -0.05) is 6.07 Å². The van der Waals surface area contributed by atoms with Crippen molar-refractivity contribution in [3.63, 3.8) is 0 Å². The highest BCUT2D eigenvalue weighted by Crippen LogP contribution is 2.24. The first-order chi connectivity index (χ1) is 13.5. The van der Waals surface area contributed by atoms with Crippen LogP contribution >= 0.6 is 0 Å². The van der Waals surface area contributed by atoms with Gasteiger partial charge in [-0.05, 0) is 44.2 Å². The minimum atomic E-state index is -0.411. The second-order valence-electron chi connectivity index (χ2n) is 7.25. The van der Waals surface area contributed by atoms with Gasteiger partial charge in [0.2, 0.25) is 5.91 Å². The smallest absolute Gasteiger partial charge is 0.223 e. The number of morpholine rings is 1. The average molecular weight is 377 g/mol. The summed E-state index contributed by atoms with van der Waals surface area (Å²) in [5.41, 5.74) is 8.24. The molecule has 144 valence electrons. The Morgan fingerprint density at radius 1 is 1.14 bits per heavy atom. The van der Waals surface area contributed by atoms with Crippen molar-refractivity contribution in [2.75, 3.05) is 18.0 Å². The van der Waals surface area contributed by atoms with Crippen molar-refractivity contribution in [3.05, 3.63) is 48.3 Å². The molecule has 1 amide bonds. The summed E-state index contributed by atoms with van der Waals surface area (Å²) in [5.74, 6) is 0.511. The van der Waals surface area contributed by atoms with Gasteiger partial charge in [-0.25, -0.2) is 9.97 Å². The molecule has 0 spiro atoms. The zero-order valence-electron chi connectivity index (χ0n) is 16.0. The van der Waals surface area contributed by atoms with E-state index in [4.69, 9.17) is 20.4 Å². The molecule has 0 aromatic carbocycles. The van der Waals surface area contributed by atoms with Gasteiger partial charge in [-0.2, -0.15) is 0 Å². The molecular formula is C21H23N5O2. The average Bonchev–Trinajstić information content (AvgIpc) is 2.66. The maximum absolute atomic E-state index is 11.2. The fraction of sp³-hybridized carbons (Fsp3) is 0.333. The topological polar surface area (TPSA) is 94.2 Å². The number of rotatable bonds is 4. The fourth-order valence-electron chi connectivity index (χ4n) is 3.58. The zero-order valence-corrected chi connectivity index (χ0v) is 16.0. The van der Waals surface area contributed by atoms with Gasteiger partial charge in [0.25, 0.3) is 0 Å². The Labute approximate surface area is 163 Å². The molecule has 7 nitrogen and oxygen atoms in total. The van der Waals surface area contributed by atoms with Crippen molar-refractivity contribution in [2.24, 2.45) is 5.73 Å². The molecule has 28 heavy (non-hydrogen) atoms. The SMILES string of the molecule is CC1CN(c2cccc(-c3ccc4cnc(CC(N)=O)cc4n3)n2)C[C@H](C)O1. The molecule has 4 rings (SSSR count). The highest BCUT2D eigenvalue weighted by atomic mass is 16.5. The Morgan fingerprint density at radius 2 is 1.89 bits per heavy atom. The number of hydrogen-bond acceptors (Lipinski definition) is 6. The molecule has 0 radical (unpaired) electrons. The quantitative estimate of drug-likeness (QED) is 0.750. The van der Waals surface area contributed by atoms with Gasteiger partial charge in [-0.3, -0.25) is 9.78 Å². The summed E-state index contributed by atoms with van der Waals surface area (Å²) in [6.07, 6.45) is 2.15. The highest BCUT2D eigenvalue weighted by Gasteiger charge is 2.23. The van der Waals surface area contributed by atoms with E-state index in [1.165, 1.54) is 0 Å². The van der Waals surface area contributed by atoms with Crippen LogP contribution in [0.3, 0.4) is 0 Å². The van der Waals surface area contributed by atoms with Gasteiger partial charge in [0.15, 0.2) is 0 Å². The first-order valence-corrected chi connectivity index (χ1v) is 9.40. The second kappa shape index (κ2) is 7.52. The Balaban J connectivity index is 1.66. The van der Waals surface area contributed by atoms with Gasteiger partial charge in [0.05, 0.1) is 41.2 Å². The van der Waals surface area contributed by atoms with Gasteiger partial charge >= 0.3 is 0 Å². The van der Waals surface area contributed by atoms with Gasteiger partial charge < -0.3 is 15.4 Å². The first-order valence-electron chi connectivity index (χ1n) is 9.40. The summed E-state index contributed by atoms with van der Waals surface area (Å²) in [5, 5.41) is 0.906. The molecule has 0 aliphatic carbocycles. The standard InChI is InChI=1S/C21H23N5O2/c1-13-11-26(12-14(2)28-13)21-5-3-4-17(25-21)18-7-6-15-10-23-16(9-20(22)27)8-19(15)24-18/h3-8,10,13-14H,9,11-12H2,1-2H3,(H2,22,27)/t13-,14?/m0/s1. The monoisotopic (exact) mass is 377 g/mol. The molecule has 0 bridgehead atoms. The fourth-order valence-corrected chi connectivity index (χ4v) is 3.58. The van der Waals surface area contributed by atoms with Crippen molar-refractivity contribution in [2.45, 2.75) is 32.5 Å². The normalized spacial score (nSPS) is 19.7. The molecule has 3 aromatic heterocycles. The Morgan fingerprint density at radius 3 is 2.64 bits per heavy atom. The third-order valence-corrected chi connectivity index (χ3v) is 4.73. The number of carbonyl (C=O) groups is 1. The predicted octanol–water partition coefficient (Wildman–Crippen LogP) is 2.33. The van der Waals surface area contributed by atoms with Crippen molar-refractivity contribution in [1.82, 2.24) is 15.0 Å².